The number of hydrogen-bond acceptors (Lipinski definition) is 6. The molecule has 8 heteroatoms. The molecule has 2 N–H and O–H groups in total. The molecule has 7 nitrogen and oxygen atoms in total. The molecular formula is C14H24ClN5O2. The molecule has 0 atom stereocenters. The number of nitrogens with zero attached hydrogens (tertiary/aromatic N) is 3. The number of carbonyl (C=O) groups excluding carboxylic acids is 1. The van der Waals surface area contributed by atoms with Crippen molar-refractivity contribution in [3.05, 3.63) is 10.8 Å². The molecule has 22 heavy (non-hydrogen) atoms. The van der Waals surface area contributed by atoms with E-state index in [0.717, 1.165) is 19.6 Å². The molecule has 0 saturated heterocycles. The SMILES string of the molecule is CCNc1nc(OC)c(C(=O)NCCN(CC)CC)nc1Cl. The summed E-state index contributed by atoms with van der Waals surface area (Å²) in [6.07, 6.45) is 0. The fourth-order valence-electron chi connectivity index (χ4n) is 1.92. The monoisotopic (exact) mass is 329 g/mol. The maximum absolute atomic E-state index is 12.2. The van der Waals surface area contributed by atoms with E-state index >= 15 is 0 Å². The average Bonchev–Trinajstić information content (AvgIpc) is 2.53. The van der Waals surface area contributed by atoms with E-state index in [4.69, 9.17) is 16.3 Å². The second-order valence-corrected chi connectivity index (χ2v) is 4.89. The Morgan fingerprint density at radius 1 is 1.27 bits per heavy atom. The Morgan fingerprint density at radius 3 is 2.50 bits per heavy atom. The largest absolute Gasteiger partial charge is 0.479 e. The minimum absolute atomic E-state index is 0.0914. The third-order valence-electron chi connectivity index (χ3n) is 3.18. The van der Waals surface area contributed by atoms with Gasteiger partial charge in [0.1, 0.15) is 0 Å². The highest BCUT2D eigenvalue weighted by atomic mass is 35.5. The Bertz CT molecular complexity index is 494. The van der Waals surface area contributed by atoms with Crippen molar-refractivity contribution < 1.29 is 9.53 Å². The zero-order chi connectivity index (χ0) is 16.5. The smallest absolute Gasteiger partial charge is 0.275 e. The number of halogens is 1. The van der Waals surface area contributed by atoms with Crippen LogP contribution in [-0.2, 0) is 0 Å². The summed E-state index contributed by atoms with van der Waals surface area (Å²) in [5.41, 5.74) is 0.0914. The molecule has 0 radical (unpaired) electrons. The van der Waals surface area contributed by atoms with Crippen molar-refractivity contribution in [2.75, 3.05) is 45.2 Å². The maximum atomic E-state index is 12.2. The number of nitrogens with one attached hydrogen (secondary N) is 2. The van der Waals surface area contributed by atoms with Crippen LogP contribution in [0.15, 0.2) is 0 Å². The van der Waals surface area contributed by atoms with Crippen LogP contribution in [0.5, 0.6) is 5.88 Å². The van der Waals surface area contributed by atoms with Crippen molar-refractivity contribution in [1.29, 1.82) is 0 Å². The number of ether oxygens (including phenoxy) is 1. The van der Waals surface area contributed by atoms with Crippen LogP contribution in [-0.4, -0.2) is 60.6 Å². The first-order chi connectivity index (χ1) is 10.6. The van der Waals surface area contributed by atoms with Gasteiger partial charge in [-0.05, 0) is 20.0 Å². The van der Waals surface area contributed by atoms with Gasteiger partial charge in [0.15, 0.2) is 16.7 Å². The molecule has 0 aliphatic carbocycles. The topological polar surface area (TPSA) is 79.4 Å². The van der Waals surface area contributed by atoms with Crippen molar-refractivity contribution in [2.45, 2.75) is 20.8 Å². The van der Waals surface area contributed by atoms with Gasteiger partial charge in [0.05, 0.1) is 7.11 Å². The Kier molecular flexibility index (Phi) is 7.90. The number of amides is 1. The molecular weight excluding hydrogens is 306 g/mol. The van der Waals surface area contributed by atoms with Crippen molar-refractivity contribution >= 4 is 23.3 Å². The predicted octanol–water partition coefficient (Wildman–Crippen LogP) is 1.64. The lowest BCUT2D eigenvalue weighted by atomic mass is 10.3. The Balaban J connectivity index is 2.78. The van der Waals surface area contributed by atoms with Crippen LogP contribution in [0, 0.1) is 0 Å². The minimum Gasteiger partial charge on any atom is -0.479 e. The second kappa shape index (κ2) is 9.42. The fraction of sp³-hybridized carbons (Fsp3) is 0.643. The average molecular weight is 330 g/mol. The van der Waals surface area contributed by atoms with Crippen LogP contribution in [0.2, 0.25) is 5.15 Å². The van der Waals surface area contributed by atoms with Gasteiger partial charge < -0.3 is 20.3 Å². The Hall–Kier alpha value is -1.60. The molecule has 124 valence electrons. The molecule has 1 rings (SSSR count). The van der Waals surface area contributed by atoms with Crippen molar-refractivity contribution in [3.8, 4) is 5.88 Å². The quantitative estimate of drug-likeness (QED) is 0.717. The van der Waals surface area contributed by atoms with Crippen molar-refractivity contribution in [3.63, 3.8) is 0 Å². The molecule has 0 saturated carbocycles. The van der Waals surface area contributed by atoms with E-state index in [2.05, 4.69) is 39.3 Å². The molecule has 0 bridgehead atoms. The number of rotatable bonds is 9. The predicted molar refractivity (Wildman–Crippen MR) is 87.9 cm³/mol. The fourth-order valence-corrected chi connectivity index (χ4v) is 2.11. The van der Waals surface area contributed by atoms with Gasteiger partial charge in [-0.15, -0.1) is 0 Å². The third kappa shape index (κ3) is 4.99. The molecule has 0 spiro atoms. The van der Waals surface area contributed by atoms with E-state index in [1.54, 1.807) is 0 Å². The van der Waals surface area contributed by atoms with Gasteiger partial charge in [-0.25, -0.2) is 4.98 Å². The van der Waals surface area contributed by atoms with E-state index in [0.29, 0.717) is 18.9 Å². The Labute approximate surface area is 136 Å². The van der Waals surface area contributed by atoms with E-state index in [-0.39, 0.29) is 22.6 Å². The van der Waals surface area contributed by atoms with Crippen LogP contribution in [0.4, 0.5) is 5.82 Å². The summed E-state index contributed by atoms with van der Waals surface area (Å²) in [5, 5.41) is 5.92. The van der Waals surface area contributed by atoms with Crippen LogP contribution in [0.1, 0.15) is 31.3 Å². The number of aromatic nitrogens is 2. The summed E-state index contributed by atoms with van der Waals surface area (Å²) in [6.45, 7) is 9.91. The van der Waals surface area contributed by atoms with E-state index in [1.807, 2.05) is 6.92 Å². The third-order valence-corrected chi connectivity index (χ3v) is 3.45. The standard InChI is InChI=1S/C14H24ClN5O2/c1-5-16-12-11(15)18-10(14(19-12)22-4)13(21)17-8-9-20(6-2)7-3/h5-9H2,1-4H3,(H,16,19)(H,17,21). The van der Waals surface area contributed by atoms with Crippen LogP contribution in [0.3, 0.4) is 0 Å². The number of carbonyl (C=O) groups is 1. The van der Waals surface area contributed by atoms with Crippen LogP contribution >= 0.6 is 11.6 Å². The molecule has 0 aromatic carbocycles. The number of hydrogen-bond donors (Lipinski definition) is 2. The molecule has 1 aromatic heterocycles. The van der Waals surface area contributed by atoms with Gasteiger partial charge >= 0.3 is 0 Å². The van der Waals surface area contributed by atoms with E-state index in [9.17, 15) is 4.79 Å². The Morgan fingerprint density at radius 2 is 1.95 bits per heavy atom. The van der Waals surface area contributed by atoms with Gasteiger partial charge in [-0.1, -0.05) is 25.4 Å². The highest BCUT2D eigenvalue weighted by Gasteiger charge is 2.19. The van der Waals surface area contributed by atoms with Gasteiger partial charge in [-0.3, -0.25) is 4.79 Å². The van der Waals surface area contributed by atoms with E-state index < -0.39 is 0 Å². The summed E-state index contributed by atoms with van der Waals surface area (Å²) in [7, 11) is 1.44. The molecule has 0 fully saturated rings. The van der Waals surface area contributed by atoms with Crippen LogP contribution in [0.25, 0.3) is 0 Å². The minimum atomic E-state index is -0.346. The lowest BCUT2D eigenvalue weighted by molar-refractivity contribution is 0.0939. The van der Waals surface area contributed by atoms with Crippen LogP contribution < -0.4 is 15.4 Å². The first kappa shape index (κ1) is 18.4. The summed E-state index contributed by atoms with van der Waals surface area (Å²) in [5.74, 6) is 0.211. The van der Waals surface area contributed by atoms with Crippen molar-refractivity contribution in [1.82, 2.24) is 20.2 Å². The summed E-state index contributed by atoms with van der Waals surface area (Å²) < 4.78 is 5.13. The van der Waals surface area contributed by atoms with Gasteiger partial charge in [0.25, 0.3) is 5.91 Å². The summed E-state index contributed by atoms with van der Waals surface area (Å²) in [6, 6.07) is 0. The van der Waals surface area contributed by atoms with Gasteiger partial charge in [0, 0.05) is 19.6 Å². The lowest BCUT2D eigenvalue weighted by Crippen LogP contribution is -2.35. The molecule has 0 aliphatic rings. The van der Waals surface area contributed by atoms with E-state index in [1.165, 1.54) is 7.11 Å². The van der Waals surface area contributed by atoms with Crippen molar-refractivity contribution in [2.24, 2.45) is 0 Å². The first-order valence-electron chi connectivity index (χ1n) is 7.43. The van der Waals surface area contributed by atoms with Gasteiger partial charge in [0.2, 0.25) is 5.88 Å². The van der Waals surface area contributed by atoms with Gasteiger partial charge in [-0.2, -0.15) is 4.98 Å². The highest BCUT2D eigenvalue weighted by Crippen LogP contribution is 2.23. The molecule has 0 unspecified atom stereocenters. The summed E-state index contributed by atoms with van der Waals surface area (Å²) in [4.78, 5) is 22.7. The highest BCUT2D eigenvalue weighted by molar-refractivity contribution is 6.31. The molecule has 1 heterocycles. The maximum Gasteiger partial charge on any atom is 0.275 e. The summed E-state index contributed by atoms with van der Waals surface area (Å²) >= 11 is 6.03. The molecule has 1 amide bonds. The zero-order valence-corrected chi connectivity index (χ0v) is 14.3. The normalized spacial score (nSPS) is 10.6. The molecule has 1 aromatic rings. The zero-order valence-electron chi connectivity index (χ0n) is 13.6. The number of methoxy groups -OCH3 is 1. The lowest BCUT2D eigenvalue weighted by Gasteiger charge is -2.18. The second-order valence-electron chi connectivity index (χ2n) is 4.53. The number of likely N-dealkylation sites (N-methyl/N-ethyl adjacent to an activating group) is 1. The number of anilines is 1. The molecule has 0 aliphatic heterocycles. The first-order valence-corrected chi connectivity index (χ1v) is 7.80.